The van der Waals surface area contributed by atoms with E-state index in [0.717, 1.165) is 29.7 Å². The molecule has 1 N–H and O–H groups in total. The third-order valence-electron chi connectivity index (χ3n) is 6.10. The van der Waals surface area contributed by atoms with Crippen LogP contribution in [0.5, 0.6) is 5.75 Å². The minimum absolute atomic E-state index is 0.241. The van der Waals surface area contributed by atoms with Crippen LogP contribution in [0.1, 0.15) is 44.6 Å². The number of nitrogens with one attached hydrogen (secondary N) is 1. The van der Waals surface area contributed by atoms with Crippen molar-refractivity contribution in [3.8, 4) is 5.75 Å². The van der Waals surface area contributed by atoms with Crippen molar-refractivity contribution in [2.24, 2.45) is 5.92 Å². The molecule has 1 spiro atoms. The second-order valence-corrected chi connectivity index (χ2v) is 7.82. The van der Waals surface area contributed by atoms with E-state index >= 15 is 0 Å². The van der Waals surface area contributed by atoms with Gasteiger partial charge >= 0.3 is 6.03 Å². The van der Waals surface area contributed by atoms with Crippen molar-refractivity contribution in [3.05, 3.63) is 29.8 Å². The molecule has 0 unspecified atom stereocenters. The van der Waals surface area contributed by atoms with Gasteiger partial charge in [-0.1, -0.05) is 31.5 Å². The highest BCUT2D eigenvalue weighted by atomic mass is 16.5. The number of hydrogen-bond acceptors (Lipinski definition) is 4. The third-order valence-corrected chi connectivity index (χ3v) is 6.10. The number of hydrogen-bond donors (Lipinski definition) is 1. The second-order valence-electron chi connectivity index (χ2n) is 7.82. The molecule has 1 aromatic carbocycles. The first kappa shape index (κ1) is 20.2. The molecule has 7 nitrogen and oxygen atoms in total. The van der Waals surface area contributed by atoms with Gasteiger partial charge in [-0.2, -0.15) is 0 Å². The smallest absolute Gasteiger partial charge is 0.325 e. The first-order valence-electron chi connectivity index (χ1n) is 9.90. The normalized spacial score (nSPS) is 24.4. The molecule has 0 atom stereocenters. The lowest BCUT2D eigenvalue weighted by atomic mass is 9.75. The molecule has 152 valence electrons. The van der Waals surface area contributed by atoms with E-state index < -0.39 is 11.6 Å². The van der Waals surface area contributed by atoms with E-state index in [1.807, 2.05) is 24.3 Å². The van der Waals surface area contributed by atoms with E-state index in [1.54, 1.807) is 14.2 Å². The Morgan fingerprint density at radius 3 is 2.61 bits per heavy atom. The Hall–Kier alpha value is -2.57. The molecule has 2 fully saturated rings. The molecule has 7 heteroatoms. The zero-order valence-corrected chi connectivity index (χ0v) is 16.9. The SMILES string of the molecule is CCC1CCC2(CC1)NC(=O)N(CC(=O)N(C)Cc1ccccc1OC)C2=O. The van der Waals surface area contributed by atoms with E-state index in [9.17, 15) is 14.4 Å². The molecule has 1 heterocycles. The highest BCUT2D eigenvalue weighted by molar-refractivity contribution is 6.09. The Morgan fingerprint density at radius 2 is 1.96 bits per heavy atom. The maximum Gasteiger partial charge on any atom is 0.325 e. The number of amides is 4. The maximum atomic E-state index is 13.0. The van der Waals surface area contributed by atoms with E-state index in [-0.39, 0.29) is 18.4 Å². The fraction of sp³-hybridized carbons (Fsp3) is 0.571. The molecule has 0 bridgehead atoms. The van der Waals surface area contributed by atoms with Crippen LogP contribution in [0, 0.1) is 5.92 Å². The fourth-order valence-electron chi connectivity index (χ4n) is 4.17. The Labute approximate surface area is 166 Å². The number of para-hydroxylation sites is 1. The zero-order valence-electron chi connectivity index (χ0n) is 16.9. The first-order chi connectivity index (χ1) is 13.4. The number of nitrogens with zero attached hydrogens (tertiary/aromatic N) is 2. The van der Waals surface area contributed by atoms with E-state index in [1.165, 1.54) is 4.90 Å². The average molecular weight is 387 g/mol. The van der Waals surface area contributed by atoms with Crippen LogP contribution in [0.3, 0.4) is 0 Å². The Morgan fingerprint density at radius 1 is 1.29 bits per heavy atom. The van der Waals surface area contributed by atoms with Gasteiger partial charge in [-0.3, -0.25) is 14.5 Å². The molecule has 1 aliphatic carbocycles. The topological polar surface area (TPSA) is 79.0 Å². The minimum Gasteiger partial charge on any atom is -0.496 e. The van der Waals surface area contributed by atoms with Gasteiger partial charge in [-0.15, -0.1) is 0 Å². The molecular formula is C21H29N3O4. The van der Waals surface area contributed by atoms with Crippen LogP contribution in [0.15, 0.2) is 24.3 Å². The standard InChI is InChI=1S/C21H29N3O4/c1-4-15-9-11-21(12-10-15)19(26)24(20(27)22-21)14-18(25)23(2)13-16-7-5-6-8-17(16)28-3/h5-8,15H,4,9-14H2,1-3H3,(H,22,27). The van der Waals surface area contributed by atoms with Gasteiger partial charge in [-0.25, -0.2) is 4.79 Å². The van der Waals surface area contributed by atoms with E-state index in [0.29, 0.717) is 31.1 Å². The average Bonchev–Trinajstić information content (AvgIpc) is 2.93. The van der Waals surface area contributed by atoms with Crippen molar-refractivity contribution in [1.82, 2.24) is 15.1 Å². The summed E-state index contributed by atoms with van der Waals surface area (Å²) in [7, 11) is 3.25. The van der Waals surface area contributed by atoms with Crippen molar-refractivity contribution in [3.63, 3.8) is 0 Å². The Kier molecular flexibility index (Phi) is 5.91. The summed E-state index contributed by atoms with van der Waals surface area (Å²) in [6.07, 6.45) is 4.25. The summed E-state index contributed by atoms with van der Waals surface area (Å²) >= 11 is 0. The quantitative estimate of drug-likeness (QED) is 0.761. The van der Waals surface area contributed by atoms with Crippen LogP contribution in [-0.4, -0.2) is 53.9 Å². The largest absolute Gasteiger partial charge is 0.496 e. The van der Waals surface area contributed by atoms with Crippen molar-refractivity contribution in [2.45, 2.75) is 51.1 Å². The summed E-state index contributed by atoms with van der Waals surface area (Å²) in [4.78, 5) is 40.6. The number of rotatable bonds is 6. The van der Waals surface area contributed by atoms with E-state index in [4.69, 9.17) is 4.74 Å². The van der Waals surface area contributed by atoms with Gasteiger partial charge in [0.25, 0.3) is 5.91 Å². The summed E-state index contributed by atoms with van der Waals surface area (Å²) in [6, 6.07) is 7.01. The van der Waals surface area contributed by atoms with Gasteiger partial charge < -0.3 is 15.0 Å². The number of imide groups is 1. The number of carbonyl (C=O) groups is 3. The molecule has 1 aromatic rings. The number of ether oxygens (including phenoxy) is 1. The summed E-state index contributed by atoms with van der Waals surface area (Å²) in [5.74, 6) is 0.765. The molecule has 28 heavy (non-hydrogen) atoms. The van der Waals surface area contributed by atoms with Gasteiger partial charge in [-0.05, 0) is 37.7 Å². The van der Waals surface area contributed by atoms with E-state index in [2.05, 4.69) is 12.2 Å². The lowest BCUT2D eigenvalue weighted by Gasteiger charge is -2.34. The number of likely N-dealkylation sites (N-methyl/N-ethyl adjacent to an activating group) is 1. The van der Waals surface area contributed by atoms with Crippen LogP contribution < -0.4 is 10.1 Å². The predicted molar refractivity (Wildman–Crippen MR) is 105 cm³/mol. The lowest BCUT2D eigenvalue weighted by molar-refractivity contribution is -0.139. The second kappa shape index (κ2) is 8.20. The van der Waals surface area contributed by atoms with Crippen molar-refractivity contribution in [2.75, 3.05) is 20.7 Å². The predicted octanol–water partition coefficient (Wildman–Crippen LogP) is 2.54. The highest BCUT2D eigenvalue weighted by Crippen LogP contribution is 2.37. The molecule has 1 aliphatic heterocycles. The number of methoxy groups -OCH3 is 1. The summed E-state index contributed by atoms with van der Waals surface area (Å²) in [6.45, 7) is 2.26. The molecule has 2 aliphatic rings. The number of urea groups is 1. The Balaban J connectivity index is 1.63. The molecule has 0 aromatic heterocycles. The molecule has 1 saturated heterocycles. The molecular weight excluding hydrogens is 358 g/mol. The van der Waals surface area contributed by atoms with Crippen LogP contribution in [0.4, 0.5) is 4.79 Å². The van der Waals surface area contributed by atoms with Crippen LogP contribution in [-0.2, 0) is 16.1 Å². The van der Waals surface area contributed by atoms with Crippen molar-refractivity contribution in [1.29, 1.82) is 0 Å². The maximum absolute atomic E-state index is 13.0. The molecule has 0 radical (unpaired) electrons. The van der Waals surface area contributed by atoms with Crippen molar-refractivity contribution < 1.29 is 19.1 Å². The zero-order chi connectivity index (χ0) is 20.3. The number of carbonyl (C=O) groups excluding carboxylic acids is 3. The van der Waals surface area contributed by atoms with Crippen LogP contribution in [0.25, 0.3) is 0 Å². The van der Waals surface area contributed by atoms with Gasteiger partial charge in [0.2, 0.25) is 5.91 Å². The van der Waals surface area contributed by atoms with Gasteiger partial charge in [0.1, 0.15) is 17.8 Å². The van der Waals surface area contributed by atoms with Gasteiger partial charge in [0.15, 0.2) is 0 Å². The first-order valence-corrected chi connectivity index (χ1v) is 9.90. The minimum atomic E-state index is -0.815. The van der Waals surface area contributed by atoms with Gasteiger partial charge in [0, 0.05) is 19.2 Å². The van der Waals surface area contributed by atoms with Crippen LogP contribution in [0.2, 0.25) is 0 Å². The lowest BCUT2D eigenvalue weighted by Crippen LogP contribution is -2.50. The summed E-state index contributed by atoms with van der Waals surface area (Å²) < 4.78 is 5.32. The summed E-state index contributed by atoms with van der Waals surface area (Å²) in [5.41, 5.74) is 0.0527. The molecule has 3 rings (SSSR count). The molecule has 4 amide bonds. The highest BCUT2D eigenvalue weighted by Gasteiger charge is 2.52. The molecule has 1 saturated carbocycles. The van der Waals surface area contributed by atoms with Gasteiger partial charge in [0.05, 0.1) is 7.11 Å². The van der Waals surface area contributed by atoms with Crippen molar-refractivity contribution >= 4 is 17.8 Å². The number of benzene rings is 1. The fourth-order valence-corrected chi connectivity index (χ4v) is 4.17. The van der Waals surface area contributed by atoms with Crippen LogP contribution >= 0.6 is 0 Å². The third kappa shape index (κ3) is 3.84. The monoisotopic (exact) mass is 387 g/mol. The Bertz CT molecular complexity index is 756. The summed E-state index contributed by atoms with van der Waals surface area (Å²) in [5, 5.41) is 2.87.